The van der Waals surface area contributed by atoms with Gasteiger partial charge in [-0.15, -0.1) is 11.3 Å². The van der Waals surface area contributed by atoms with Crippen LogP contribution < -0.4 is 0 Å². The van der Waals surface area contributed by atoms with Crippen LogP contribution in [0.15, 0.2) is 66.0 Å². The highest BCUT2D eigenvalue weighted by molar-refractivity contribution is 7.15. The van der Waals surface area contributed by atoms with Gasteiger partial charge in [-0.2, -0.15) is 5.26 Å². The highest BCUT2D eigenvalue weighted by atomic mass is 32.1. The maximum Gasteiger partial charge on any atom is 0.100 e. The molecule has 21 heavy (non-hydrogen) atoms. The molecule has 2 aromatic rings. The van der Waals surface area contributed by atoms with E-state index in [2.05, 4.69) is 41.8 Å². The Morgan fingerprint density at radius 3 is 2.19 bits per heavy atom. The van der Waals surface area contributed by atoms with Crippen molar-refractivity contribution < 1.29 is 0 Å². The van der Waals surface area contributed by atoms with Gasteiger partial charge in [-0.3, -0.25) is 0 Å². The maximum atomic E-state index is 9.54. The molecule has 98 valence electrons. The molecule has 1 nitrogen and oxygen atoms in total. The SMILES string of the molecule is N#Cc1c2cccccc-2c2c(-c3ccccc3)scc12. The van der Waals surface area contributed by atoms with E-state index in [-0.39, 0.29) is 0 Å². The van der Waals surface area contributed by atoms with Crippen LogP contribution in [-0.4, -0.2) is 0 Å². The highest BCUT2D eigenvalue weighted by Gasteiger charge is 2.21. The van der Waals surface area contributed by atoms with Crippen LogP contribution in [0.1, 0.15) is 5.56 Å². The first-order valence-electron chi connectivity index (χ1n) is 6.77. The van der Waals surface area contributed by atoms with E-state index in [9.17, 15) is 5.26 Å². The van der Waals surface area contributed by atoms with E-state index >= 15 is 0 Å². The molecule has 0 atom stereocenters. The molecular formula is C19H11NS. The molecule has 0 saturated heterocycles. The molecule has 0 unspecified atom stereocenters. The first-order chi connectivity index (χ1) is 10.4. The molecule has 0 saturated carbocycles. The minimum absolute atomic E-state index is 0.787. The summed E-state index contributed by atoms with van der Waals surface area (Å²) in [6.07, 6.45) is 0. The van der Waals surface area contributed by atoms with Crippen molar-refractivity contribution >= 4 is 22.1 Å². The van der Waals surface area contributed by atoms with Crippen molar-refractivity contribution in [3.8, 4) is 27.6 Å². The molecule has 0 fully saturated rings. The van der Waals surface area contributed by atoms with Gasteiger partial charge in [0.15, 0.2) is 0 Å². The summed E-state index contributed by atoms with van der Waals surface area (Å²) in [5.41, 5.74) is 4.19. The van der Waals surface area contributed by atoms with Gasteiger partial charge in [0.25, 0.3) is 0 Å². The fourth-order valence-electron chi connectivity index (χ4n) is 2.86. The zero-order valence-electron chi connectivity index (χ0n) is 11.2. The van der Waals surface area contributed by atoms with Crippen molar-refractivity contribution in [2.75, 3.05) is 0 Å². The summed E-state index contributed by atoms with van der Waals surface area (Å²) in [7, 11) is 0. The second kappa shape index (κ2) is 4.73. The van der Waals surface area contributed by atoms with Crippen molar-refractivity contribution in [1.29, 1.82) is 5.26 Å². The van der Waals surface area contributed by atoms with Gasteiger partial charge in [0.1, 0.15) is 6.07 Å². The third-order valence-electron chi connectivity index (χ3n) is 3.78. The molecule has 0 amide bonds. The molecule has 2 aliphatic carbocycles. The number of rotatable bonds is 1. The van der Waals surface area contributed by atoms with Crippen LogP contribution in [0, 0.1) is 11.3 Å². The topological polar surface area (TPSA) is 23.8 Å². The average Bonchev–Trinajstić information content (AvgIpc) is 2.97. The largest absolute Gasteiger partial charge is 0.192 e. The summed E-state index contributed by atoms with van der Waals surface area (Å²) in [5, 5.41) is 13.9. The molecule has 1 heterocycles. The van der Waals surface area contributed by atoms with E-state index in [0.29, 0.717) is 0 Å². The number of hydrogen-bond donors (Lipinski definition) is 0. The van der Waals surface area contributed by atoms with Gasteiger partial charge >= 0.3 is 0 Å². The standard InChI is InChI=1S/C19H11NS/c20-11-16-14-9-5-2-6-10-15(14)18-17(16)12-21-19(18)13-7-3-1-4-8-13/h1-10,12H. The van der Waals surface area contributed by atoms with Crippen molar-refractivity contribution in [2.24, 2.45) is 0 Å². The van der Waals surface area contributed by atoms with E-state index in [1.54, 1.807) is 11.3 Å². The van der Waals surface area contributed by atoms with Gasteiger partial charge in [0.2, 0.25) is 0 Å². The Morgan fingerprint density at radius 1 is 0.810 bits per heavy atom. The smallest absolute Gasteiger partial charge is 0.100 e. The third-order valence-corrected chi connectivity index (χ3v) is 4.81. The number of nitriles is 1. The summed E-state index contributed by atoms with van der Waals surface area (Å²) in [4.78, 5) is 1.24. The van der Waals surface area contributed by atoms with Gasteiger partial charge in [0, 0.05) is 26.6 Å². The minimum atomic E-state index is 0.787. The van der Waals surface area contributed by atoms with E-state index in [1.165, 1.54) is 15.8 Å². The van der Waals surface area contributed by atoms with Crippen LogP contribution in [0.3, 0.4) is 0 Å². The molecule has 0 aliphatic heterocycles. The zero-order valence-corrected chi connectivity index (χ0v) is 12.0. The van der Waals surface area contributed by atoms with Gasteiger partial charge in [-0.05, 0) is 11.1 Å². The number of benzene rings is 1. The Balaban J connectivity index is 2.15. The lowest BCUT2D eigenvalue weighted by Crippen LogP contribution is -1.74. The predicted molar refractivity (Wildman–Crippen MR) is 88.6 cm³/mol. The van der Waals surface area contributed by atoms with Crippen LogP contribution in [-0.2, 0) is 0 Å². The number of thiophene rings is 1. The predicted octanol–water partition coefficient (Wildman–Crippen LogP) is 5.54. The van der Waals surface area contributed by atoms with Gasteiger partial charge in [0.05, 0.1) is 5.56 Å². The number of hydrogen-bond acceptors (Lipinski definition) is 2. The molecule has 1 aromatic carbocycles. The Bertz CT molecular complexity index is 944. The van der Waals surface area contributed by atoms with E-state index in [1.807, 2.05) is 30.3 Å². The summed E-state index contributed by atoms with van der Waals surface area (Å²) in [5.74, 6) is 0. The van der Waals surface area contributed by atoms with Crippen LogP contribution in [0.2, 0.25) is 0 Å². The van der Waals surface area contributed by atoms with Crippen LogP contribution in [0.4, 0.5) is 0 Å². The Kier molecular flexibility index (Phi) is 2.73. The lowest BCUT2D eigenvalue weighted by atomic mass is 10.1. The number of nitrogens with zero attached hydrogens (tertiary/aromatic N) is 1. The van der Waals surface area contributed by atoms with Crippen LogP contribution in [0.25, 0.3) is 32.3 Å². The quantitative estimate of drug-likeness (QED) is 0.450. The van der Waals surface area contributed by atoms with Gasteiger partial charge < -0.3 is 0 Å². The normalized spacial score (nSPS) is 10.8. The fourth-order valence-corrected chi connectivity index (χ4v) is 3.94. The van der Waals surface area contributed by atoms with Gasteiger partial charge in [-0.25, -0.2) is 0 Å². The molecule has 1 aromatic heterocycles. The lowest BCUT2D eigenvalue weighted by Gasteiger charge is -2.00. The first kappa shape index (κ1) is 12.1. The monoisotopic (exact) mass is 285 g/mol. The summed E-state index contributed by atoms with van der Waals surface area (Å²) in [6, 6.07) is 22.9. The van der Waals surface area contributed by atoms with E-state index in [4.69, 9.17) is 0 Å². The second-order valence-electron chi connectivity index (χ2n) is 4.94. The Hall–Kier alpha value is -2.63. The summed E-state index contributed by atoms with van der Waals surface area (Å²) < 4.78 is 0. The Morgan fingerprint density at radius 2 is 1.48 bits per heavy atom. The molecule has 2 heteroatoms. The number of fused-ring (bicyclic) bond motifs is 3. The third kappa shape index (κ3) is 1.75. The van der Waals surface area contributed by atoms with Crippen molar-refractivity contribution in [3.05, 3.63) is 71.6 Å². The summed E-state index contributed by atoms with van der Waals surface area (Å²) in [6.45, 7) is 0. The average molecular weight is 285 g/mol. The van der Waals surface area contributed by atoms with Crippen molar-refractivity contribution in [2.45, 2.75) is 0 Å². The summed E-state index contributed by atoms with van der Waals surface area (Å²) >= 11 is 1.71. The molecule has 2 aliphatic rings. The second-order valence-corrected chi connectivity index (χ2v) is 5.82. The highest BCUT2D eigenvalue weighted by Crippen LogP contribution is 2.46. The maximum absolute atomic E-state index is 9.54. The lowest BCUT2D eigenvalue weighted by molar-refractivity contribution is 1.51. The molecule has 0 spiro atoms. The minimum Gasteiger partial charge on any atom is -0.192 e. The van der Waals surface area contributed by atoms with E-state index < -0.39 is 0 Å². The molecule has 0 N–H and O–H groups in total. The van der Waals surface area contributed by atoms with Gasteiger partial charge in [-0.1, -0.05) is 60.7 Å². The molecule has 4 rings (SSSR count). The molecular weight excluding hydrogens is 274 g/mol. The van der Waals surface area contributed by atoms with E-state index in [0.717, 1.165) is 22.1 Å². The molecule has 0 radical (unpaired) electrons. The van der Waals surface area contributed by atoms with Crippen LogP contribution in [0.5, 0.6) is 0 Å². The van der Waals surface area contributed by atoms with Crippen molar-refractivity contribution in [3.63, 3.8) is 0 Å². The van der Waals surface area contributed by atoms with Crippen LogP contribution >= 0.6 is 11.3 Å². The van der Waals surface area contributed by atoms with Crippen molar-refractivity contribution in [1.82, 2.24) is 0 Å². The zero-order chi connectivity index (χ0) is 14.2. The fraction of sp³-hybridized carbons (Fsp3) is 0. The first-order valence-corrected chi connectivity index (χ1v) is 7.65. The molecule has 0 bridgehead atoms. The Labute approximate surface area is 127 Å².